The zero-order chi connectivity index (χ0) is 10.7. The molecule has 0 aromatic heterocycles. The third kappa shape index (κ3) is 2.58. The Balaban J connectivity index is 2.30. The van der Waals surface area contributed by atoms with Gasteiger partial charge in [0.1, 0.15) is 0 Å². The van der Waals surface area contributed by atoms with E-state index in [0.717, 1.165) is 21.2 Å². The highest BCUT2D eigenvalue weighted by Crippen LogP contribution is 2.24. The van der Waals surface area contributed by atoms with Gasteiger partial charge in [0.2, 0.25) is 0 Å². The van der Waals surface area contributed by atoms with E-state index in [9.17, 15) is 0 Å². The average Bonchev–Trinajstić information content (AvgIpc) is 2.24. The smallest absolute Gasteiger partial charge is 0.0528 e. The first-order chi connectivity index (χ1) is 7.27. The fraction of sp³-hybridized carbons (Fsp3) is 0. The van der Waals surface area contributed by atoms with Gasteiger partial charge in [-0.2, -0.15) is 0 Å². The Hall–Kier alpha value is -0.850. The first kappa shape index (κ1) is 10.7. The van der Waals surface area contributed by atoms with Gasteiger partial charge in [-0.3, -0.25) is 0 Å². The van der Waals surface area contributed by atoms with Crippen molar-refractivity contribution in [2.24, 2.45) is 0 Å². The lowest BCUT2D eigenvalue weighted by Crippen LogP contribution is -2.01. The Morgan fingerprint density at radius 2 is 1.47 bits per heavy atom. The Labute approximate surface area is 100 Å². The highest BCUT2D eigenvalue weighted by atomic mass is 79.9. The van der Waals surface area contributed by atoms with Gasteiger partial charge in [0.15, 0.2) is 0 Å². The third-order valence-electron chi connectivity index (χ3n) is 2.10. The lowest BCUT2D eigenvalue weighted by Gasteiger charge is -2.10. The van der Waals surface area contributed by atoms with Crippen molar-refractivity contribution in [3.05, 3.63) is 53.0 Å². The molecule has 0 fully saturated rings. The summed E-state index contributed by atoms with van der Waals surface area (Å²) >= 11 is 3.51. The van der Waals surface area contributed by atoms with Crippen LogP contribution in [0.1, 0.15) is 0 Å². The molecular weight excluding hydrogens is 269 g/mol. The predicted molar refractivity (Wildman–Crippen MR) is 73.2 cm³/mol. The first-order valence-electron chi connectivity index (χ1n) is 4.63. The Bertz CT molecular complexity index is 427. The van der Waals surface area contributed by atoms with E-state index in [1.165, 1.54) is 0 Å². The Morgan fingerprint density at radius 1 is 0.867 bits per heavy atom. The predicted octanol–water partition coefficient (Wildman–Crippen LogP) is 3.69. The van der Waals surface area contributed by atoms with E-state index >= 15 is 0 Å². The third-order valence-corrected chi connectivity index (χ3v) is 3.30. The molecule has 0 spiro atoms. The number of rotatable bonds is 2. The van der Waals surface area contributed by atoms with Crippen molar-refractivity contribution in [2.75, 3.05) is 5.32 Å². The summed E-state index contributed by atoms with van der Waals surface area (Å²) < 4.78 is 1.07. The standard InChI is InChI=1S/C12H11BrNP/c13-9-5-1-2-6-10(9)14-11-7-3-4-8-12(11)15/h1-8,14H,15H2. The molecule has 1 atom stereocenters. The number of hydrogen-bond acceptors (Lipinski definition) is 1. The number of anilines is 2. The van der Waals surface area contributed by atoms with E-state index < -0.39 is 0 Å². The number of nitrogens with one attached hydrogen (secondary N) is 1. The summed E-state index contributed by atoms with van der Waals surface area (Å²) in [5.74, 6) is 0. The lowest BCUT2D eigenvalue weighted by atomic mass is 10.2. The van der Waals surface area contributed by atoms with Gasteiger partial charge in [-0.1, -0.05) is 30.3 Å². The highest BCUT2D eigenvalue weighted by Gasteiger charge is 2.00. The van der Waals surface area contributed by atoms with Crippen molar-refractivity contribution in [1.82, 2.24) is 0 Å². The summed E-state index contributed by atoms with van der Waals surface area (Å²) in [6.45, 7) is 0. The van der Waals surface area contributed by atoms with Gasteiger partial charge in [-0.25, -0.2) is 0 Å². The molecule has 15 heavy (non-hydrogen) atoms. The normalized spacial score (nSPS) is 10.0. The Morgan fingerprint density at radius 3 is 2.13 bits per heavy atom. The topological polar surface area (TPSA) is 12.0 Å². The molecule has 0 aliphatic rings. The average molecular weight is 280 g/mol. The first-order valence-corrected chi connectivity index (χ1v) is 6.00. The second-order valence-corrected chi connectivity index (χ2v) is 4.67. The minimum Gasteiger partial charge on any atom is -0.354 e. The zero-order valence-electron chi connectivity index (χ0n) is 8.07. The maximum absolute atomic E-state index is 3.51. The van der Waals surface area contributed by atoms with Gasteiger partial charge < -0.3 is 5.32 Å². The van der Waals surface area contributed by atoms with Crippen molar-refractivity contribution in [1.29, 1.82) is 0 Å². The van der Waals surface area contributed by atoms with Crippen LogP contribution in [-0.4, -0.2) is 0 Å². The molecule has 1 N–H and O–H groups in total. The van der Waals surface area contributed by atoms with Crippen LogP contribution in [0.5, 0.6) is 0 Å². The van der Waals surface area contributed by atoms with Gasteiger partial charge in [0, 0.05) is 10.2 Å². The number of para-hydroxylation sites is 2. The molecule has 1 unspecified atom stereocenters. The van der Waals surface area contributed by atoms with Crippen molar-refractivity contribution in [3.8, 4) is 0 Å². The molecule has 2 rings (SSSR count). The summed E-state index contributed by atoms with van der Waals surface area (Å²) in [6, 6.07) is 16.2. The SMILES string of the molecule is Pc1ccccc1Nc1ccccc1Br. The Kier molecular flexibility index (Phi) is 3.40. The number of halogens is 1. The fourth-order valence-corrected chi connectivity index (χ4v) is 1.98. The summed E-state index contributed by atoms with van der Waals surface area (Å²) in [7, 11) is 2.72. The van der Waals surface area contributed by atoms with E-state index in [2.05, 4.69) is 42.6 Å². The van der Waals surface area contributed by atoms with E-state index in [1.807, 2.05) is 36.4 Å². The van der Waals surface area contributed by atoms with Crippen LogP contribution in [0.4, 0.5) is 11.4 Å². The zero-order valence-corrected chi connectivity index (χ0v) is 10.8. The quantitative estimate of drug-likeness (QED) is 0.827. The van der Waals surface area contributed by atoms with E-state index in [-0.39, 0.29) is 0 Å². The molecule has 1 nitrogen and oxygen atoms in total. The number of hydrogen-bond donors (Lipinski definition) is 1. The van der Waals surface area contributed by atoms with Crippen LogP contribution >= 0.6 is 25.2 Å². The van der Waals surface area contributed by atoms with Gasteiger partial charge in [-0.05, 0) is 39.4 Å². The van der Waals surface area contributed by atoms with Gasteiger partial charge in [-0.15, -0.1) is 9.24 Å². The van der Waals surface area contributed by atoms with Gasteiger partial charge in [0.05, 0.1) is 5.69 Å². The highest BCUT2D eigenvalue weighted by molar-refractivity contribution is 9.10. The summed E-state index contributed by atoms with van der Waals surface area (Å²) in [4.78, 5) is 0. The lowest BCUT2D eigenvalue weighted by molar-refractivity contribution is 1.54. The molecule has 0 heterocycles. The van der Waals surface area contributed by atoms with Crippen LogP contribution in [0.2, 0.25) is 0 Å². The van der Waals surface area contributed by atoms with E-state index in [1.54, 1.807) is 0 Å². The van der Waals surface area contributed by atoms with Crippen LogP contribution in [0.25, 0.3) is 0 Å². The van der Waals surface area contributed by atoms with Gasteiger partial charge >= 0.3 is 0 Å². The van der Waals surface area contributed by atoms with Crippen molar-refractivity contribution < 1.29 is 0 Å². The monoisotopic (exact) mass is 279 g/mol. The minimum absolute atomic E-state index is 1.07. The molecule has 0 radical (unpaired) electrons. The maximum atomic E-state index is 3.51. The molecule has 0 saturated heterocycles. The van der Waals surface area contributed by atoms with Crippen LogP contribution < -0.4 is 10.6 Å². The summed E-state index contributed by atoms with van der Waals surface area (Å²) in [6.07, 6.45) is 0. The molecule has 0 amide bonds. The molecule has 3 heteroatoms. The molecule has 0 aliphatic heterocycles. The van der Waals surface area contributed by atoms with E-state index in [4.69, 9.17) is 0 Å². The van der Waals surface area contributed by atoms with Crippen molar-refractivity contribution in [3.63, 3.8) is 0 Å². The molecule has 76 valence electrons. The van der Waals surface area contributed by atoms with Crippen LogP contribution in [0.3, 0.4) is 0 Å². The second-order valence-electron chi connectivity index (χ2n) is 3.19. The molecule has 0 bridgehead atoms. The maximum Gasteiger partial charge on any atom is 0.0528 e. The van der Waals surface area contributed by atoms with Crippen LogP contribution in [0.15, 0.2) is 53.0 Å². The molecule has 2 aromatic carbocycles. The minimum atomic E-state index is 1.07. The molecule has 2 aromatic rings. The second kappa shape index (κ2) is 4.78. The largest absolute Gasteiger partial charge is 0.354 e. The van der Waals surface area contributed by atoms with Crippen molar-refractivity contribution in [2.45, 2.75) is 0 Å². The molecular formula is C12H11BrNP. The van der Waals surface area contributed by atoms with Crippen LogP contribution in [0, 0.1) is 0 Å². The summed E-state index contributed by atoms with van der Waals surface area (Å²) in [5, 5.41) is 4.53. The van der Waals surface area contributed by atoms with Crippen LogP contribution in [-0.2, 0) is 0 Å². The van der Waals surface area contributed by atoms with E-state index in [0.29, 0.717) is 0 Å². The molecule has 0 aliphatic carbocycles. The number of benzene rings is 2. The summed E-state index contributed by atoms with van der Waals surface area (Å²) in [5.41, 5.74) is 2.18. The fourth-order valence-electron chi connectivity index (χ4n) is 1.32. The van der Waals surface area contributed by atoms with Crippen molar-refractivity contribution >= 4 is 41.8 Å². The molecule has 0 saturated carbocycles. The van der Waals surface area contributed by atoms with Gasteiger partial charge in [0.25, 0.3) is 0 Å².